The molecule has 2 heterocycles. The maximum absolute atomic E-state index is 13.1. The predicted molar refractivity (Wildman–Crippen MR) is 148 cm³/mol. The van der Waals surface area contributed by atoms with Crippen LogP contribution in [0.1, 0.15) is 31.1 Å². The van der Waals surface area contributed by atoms with Crippen LogP contribution in [0.3, 0.4) is 0 Å². The van der Waals surface area contributed by atoms with E-state index >= 15 is 0 Å². The fourth-order valence-electron chi connectivity index (χ4n) is 3.78. The van der Waals surface area contributed by atoms with E-state index in [2.05, 4.69) is 20.6 Å². The molecular formula is C28H31FN6O4. The molecule has 1 fully saturated rings. The smallest absolute Gasteiger partial charge is 0.412 e. The number of anilines is 2. The Hall–Kier alpha value is -4.67. The van der Waals surface area contributed by atoms with Crippen molar-refractivity contribution in [1.29, 1.82) is 0 Å². The Bertz CT molecular complexity index is 1360. The van der Waals surface area contributed by atoms with Gasteiger partial charge < -0.3 is 25.4 Å². The zero-order chi connectivity index (χ0) is 28.2. The molecular weight excluding hydrogens is 503 g/mol. The van der Waals surface area contributed by atoms with Crippen LogP contribution in [0.15, 0.2) is 65.8 Å². The first-order valence-electron chi connectivity index (χ1n) is 12.3. The normalized spacial score (nSPS) is 13.9. The lowest BCUT2D eigenvalue weighted by Gasteiger charge is -2.34. The second-order valence-corrected chi connectivity index (χ2v) is 9.95. The molecule has 0 aliphatic carbocycles. The van der Waals surface area contributed by atoms with E-state index < -0.39 is 17.9 Å². The van der Waals surface area contributed by atoms with Gasteiger partial charge in [-0.15, -0.1) is 0 Å². The summed E-state index contributed by atoms with van der Waals surface area (Å²) in [5.41, 5.74) is 8.78. The molecule has 1 saturated heterocycles. The lowest BCUT2D eigenvalue weighted by atomic mass is 10.1. The third-order valence-corrected chi connectivity index (χ3v) is 5.68. The molecule has 0 atom stereocenters. The second-order valence-electron chi connectivity index (χ2n) is 9.95. The lowest BCUT2D eigenvalue weighted by Crippen LogP contribution is -2.51. The van der Waals surface area contributed by atoms with E-state index in [4.69, 9.17) is 15.2 Å². The van der Waals surface area contributed by atoms with E-state index in [1.807, 2.05) is 18.2 Å². The van der Waals surface area contributed by atoms with Crippen molar-refractivity contribution in [2.24, 2.45) is 10.7 Å². The van der Waals surface area contributed by atoms with E-state index in [0.717, 1.165) is 11.1 Å². The Morgan fingerprint density at radius 2 is 1.74 bits per heavy atom. The first-order valence-corrected chi connectivity index (χ1v) is 12.3. The number of carbonyl (C=O) groups is 2. The molecule has 10 nitrogen and oxygen atoms in total. The third-order valence-electron chi connectivity index (χ3n) is 5.68. The zero-order valence-electron chi connectivity index (χ0n) is 22.2. The number of hydrogen-bond acceptors (Lipinski definition) is 6. The number of aliphatic imine (C=N–C) groups is 1. The van der Waals surface area contributed by atoms with Crippen LogP contribution in [0, 0.1) is 0 Å². The van der Waals surface area contributed by atoms with Crippen molar-refractivity contribution in [3.63, 3.8) is 0 Å². The van der Waals surface area contributed by atoms with Crippen LogP contribution in [-0.4, -0.2) is 59.8 Å². The van der Waals surface area contributed by atoms with E-state index in [9.17, 15) is 14.0 Å². The minimum Gasteiger partial charge on any atom is -0.495 e. The maximum Gasteiger partial charge on any atom is 0.412 e. The number of aromatic nitrogens is 1. The van der Waals surface area contributed by atoms with E-state index in [0.29, 0.717) is 28.5 Å². The van der Waals surface area contributed by atoms with Gasteiger partial charge in [0.2, 0.25) is 0 Å². The highest BCUT2D eigenvalue weighted by atomic mass is 19.1. The number of alkyl halides is 1. The predicted octanol–water partition coefficient (Wildman–Crippen LogP) is 4.96. The number of rotatable bonds is 6. The van der Waals surface area contributed by atoms with Gasteiger partial charge in [0, 0.05) is 23.0 Å². The Morgan fingerprint density at radius 1 is 1.05 bits per heavy atom. The highest BCUT2D eigenvalue weighted by molar-refractivity contribution is 5.98. The quantitative estimate of drug-likeness (QED) is 0.301. The van der Waals surface area contributed by atoms with Crippen molar-refractivity contribution >= 4 is 35.2 Å². The standard InChI is InChI=1S/C28H31FN6O4/c1-28(2,3)39-27(37)32-21-9-5-17(6-10-21)19-8-12-24(31-14-19)34-26(30)33-22-11-7-18(13-23(22)38-4)25(36)35-15-20(29)16-35/h5-14,20H,15-16H2,1-4H3,(H,32,37)(H3,30,31,33,34). The van der Waals surface area contributed by atoms with Crippen LogP contribution in [0.2, 0.25) is 0 Å². The average Bonchev–Trinajstić information content (AvgIpc) is 2.86. The number of guanidine groups is 1. The summed E-state index contributed by atoms with van der Waals surface area (Å²) < 4.78 is 23.8. The molecule has 0 unspecified atom stereocenters. The number of carbonyl (C=O) groups excluding carboxylic acids is 2. The van der Waals surface area contributed by atoms with Gasteiger partial charge >= 0.3 is 6.09 Å². The molecule has 39 heavy (non-hydrogen) atoms. The number of ether oxygens (including phenoxy) is 2. The van der Waals surface area contributed by atoms with Crippen molar-refractivity contribution < 1.29 is 23.5 Å². The number of nitrogens with zero attached hydrogens (tertiary/aromatic N) is 3. The summed E-state index contributed by atoms with van der Waals surface area (Å²) in [6, 6.07) is 15.7. The summed E-state index contributed by atoms with van der Waals surface area (Å²) in [6.45, 7) is 5.61. The molecule has 1 aliphatic rings. The highest BCUT2D eigenvalue weighted by Gasteiger charge is 2.31. The minimum atomic E-state index is -0.968. The van der Waals surface area contributed by atoms with Crippen molar-refractivity contribution in [1.82, 2.24) is 9.88 Å². The number of nitrogens with two attached hydrogens (primary N) is 1. The molecule has 0 spiro atoms. The summed E-state index contributed by atoms with van der Waals surface area (Å²) in [5.74, 6) is 0.599. The first kappa shape index (κ1) is 27.4. The average molecular weight is 535 g/mol. The minimum absolute atomic E-state index is 0.0770. The Kier molecular flexibility index (Phi) is 7.99. The van der Waals surface area contributed by atoms with Gasteiger partial charge in [-0.3, -0.25) is 10.1 Å². The van der Waals surface area contributed by atoms with Crippen LogP contribution >= 0.6 is 0 Å². The van der Waals surface area contributed by atoms with Crippen molar-refractivity contribution in [2.75, 3.05) is 30.8 Å². The van der Waals surface area contributed by atoms with Crippen molar-refractivity contribution in [3.8, 4) is 16.9 Å². The summed E-state index contributed by atoms with van der Waals surface area (Å²) >= 11 is 0. The van der Waals surface area contributed by atoms with Gasteiger partial charge in [-0.25, -0.2) is 14.2 Å². The fraction of sp³-hybridized carbons (Fsp3) is 0.286. The van der Waals surface area contributed by atoms with Crippen LogP contribution in [0.5, 0.6) is 5.75 Å². The largest absolute Gasteiger partial charge is 0.495 e. The van der Waals surface area contributed by atoms with Gasteiger partial charge in [0.15, 0.2) is 11.8 Å². The van der Waals surface area contributed by atoms with E-state index in [1.54, 1.807) is 63.4 Å². The Morgan fingerprint density at radius 3 is 2.33 bits per heavy atom. The monoisotopic (exact) mass is 534 g/mol. The van der Waals surface area contributed by atoms with E-state index in [-0.39, 0.29) is 25.0 Å². The molecule has 1 aromatic heterocycles. The molecule has 11 heteroatoms. The van der Waals surface area contributed by atoms with Crippen LogP contribution in [0.4, 0.5) is 26.4 Å². The molecule has 3 aromatic rings. The SMILES string of the molecule is COc1cc(C(=O)N2CC(F)C2)ccc1NC(N)=Nc1ccc(-c2ccc(NC(=O)OC(C)(C)C)cc2)cn1. The molecule has 4 N–H and O–H groups in total. The van der Waals surface area contributed by atoms with Gasteiger partial charge in [-0.05, 0) is 68.8 Å². The van der Waals surface area contributed by atoms with Crippen LogP contribution in [-0.2, 0) is 4.74 Å². The van der Waals surface area contributed by atoms with Gasteiger partial charge in [0.25, 0.3) is 5.91 Å². The summed E-state index contributed by atoms with van der Waals surface area (Å²) in [4.78, 5) is 34.5. The Balaban J connectivity index is 1.38. The van der Waals surface area contributed by atoms with Gasteiger partial charge in [0.1, 0.15) is 17.5 Å². The molecule has 0 saturated carbocycles. The number of halogens is 1. The highest BCUT2D eigenvalue weighted by Crippen LogP contribution is 2.28. The molecule has 1 aliphatic heterocycles. The van der Waals surface area contributed by atoms with Gasteiger partial charge in [0.05, 0.1) is 25.9 Å². The molecule has 204 valence electrons. The van der Waals surface area contributed by atoms with E-state index in [1.165, 1.54) is 12.0 Å². The number of nitrogens with one attached hydrogen (secondary N) is 2. The number of methoxy groups -OCH3 is 1. The van der Waals surface area contributed by atoms with Crippen molar-refractivity contribution in [2.45, 2.75) is 32.5 Å². The molecule has 0 bridgehead atoms. The lowest BCUT2D eigenvalue weighted by molar-refractivity contribution is 0.0400. The maximum atomic E-state index is 13.1. The van der Waals surface area contributed by atoms with Gasteiger partial charge in [-0.1, -0.05) is 12.1 Å². The van der Waals surface area contributed by atoms with Crippen LogP contribution in [0.25, 0.3) is 11.1 Å². The zero-order valence-corrected chi connectivity index (χ0v) is 22.2. The van der Waals surface area contributed by atoms with Crippen molar-refractivity contribution in [3.05, 3.63) is 66.4 Å². The molecule has 2 aromatic carbocycles. The summed E-state index contributed by atoms with van der Waals surface area (Å²) in [6.07, 6.45) is 0.181. The number of likely N-dealkylation sites (tertiary alicyclic amines) is 1. The number of pyridine rings is 1. The molecule has 2 amide bonds. The summed E-state index contributed by atoms with van der Waals surface area (Å²) in [7, 11) is 1.48. The number of hydrogen-bond donors (Lipinski definition) is 3. The Labute approximate surface area is 226 Å². The summed E-state index contributed by atoms with van der Waals surface area (Å²) in [5, 5.41) is 5.65. The second kappa shape index (κ2) is 11.4. The van der Waals surface area contributed by atoms with Crippen LogP contribution < -0.4 is 21.1 Å². The number of benzene rings is 2. The van der Waals surface area contributed by atoms with Gasteiger partial charge in [-0.2, -0.15) is 4.99 Å². The third kappa shape index (κ3) is 7.22. The topological polar surface area (TPSA) is 131 Å². The molecule has 4 rings (SSSR count). The first-order chi connectivity index (χ1) is 18.5. The molecule has 0 radical (unpaired) electrons. The number of amides is 2. The fourth-order valence-corrected chi connectivity index (χ4v) is 3.78.